The Hall–Kier alpha value is -3.35. The van der Waals surface area contributed by atoms with E-state index in [-0.39, 0.29) is 12.5 Å². The molecule has 162 valence electrons. The van der Waals surface area contributed by atoms with Crippen LogP contribution in [-0.2, 0) is 13.2 Å². The number of carbonyl (C=O) groups excluding carboxylic acids is 1. The Morgan fingerprint density at radius 1 is 1.03 bits per heavy atom. The van der Waals surface area contributed by atoms with Crippen LogP contribution in [-0.4, -0.2) is 28.0 Å². The van der Waals surface area contributed by atoms with E-state index in [0.717, 1.165) is 11.1 Å². The lowest BCUT2D eigenvalue weighted by Gasteiger charge is -2.15. The molecular weight excluding hydrogens is 449 g/mol. The second-order valence-corrected chi connectivity index (χ2v) is 7.93. The first kappa shape index (κ1) is 21.9. The molecule has 1 aromatic heterocycles. The van der Waals surface area contributed by atoms with Crippen molar-refractivity contribution in [2.75, 3.05) is 7.05 Å². The van der Waals surface area contributed by atoms with E-state index in [1.807, 2.05) is 36.4 Å². The maximum Gasteiger partial charge on any atom is 0.254 e. The molecule has 6 nitrogen and oxygen atoms in total. The molecule has 0 aliphatic rings. The van der Waals surface area contributed by atoms with E-state index in [1.54, 1.807) is 43.4 Å². The minimum Gasteiger partial charge on any atom is -0.489 e. The molecule has 32 heavy (non-hydrogen) atoms. The normalized spacial score (nSPS) is 10.7. The van der Waals surface area contributed by atoms with Crippen molar-refractivity contribution in [1.29, 1.82) is 0 Å². The van der Waals surface area contributed by atoms with Crippen LogP contribution in [0.3, 0.4) is 0 Å². The molecule has 1 amide bonds. The molecule has 0 atom stereocenters. The summed E-state index contributed by atoms with van der Waals surface area (Å²) in [7, 11) is 1.67. The van der Waals surface area contributed by atoms with Gasteiger partial charge in [0.2, 0.25) is 11.7 Å². The molecule has 0 unspecified atom stereocenters. The second-order valence-electron chi connectivity index (χ2n) is 7.09. The van der Waals surface area contributed by atoms with Gasteiger partial charge in [-0.15, -0.1) is 0 Å². The van der Waals surface area contributed by atoms with Gasteiger partial charge < -0.3 is 14.2 Å². The molecule has 3 aromatic carbocycles. The highest BCUT2D eigenvalue weighted by molar-refractivity contribution is 6.31. The highest BCUT2D eigenvalue weighted by Crippen LogP contribution is 2.22. The van der Waals surface area contributed by atoms with Gasteiger partial charge in [0.25, 0.3) is 5.91 Å². The number of nitrogens with zero attached hydrogens (tertiary/aromatic N) is 3. The van der Waals surface area contributed by atoms with Crippen LogP contribution in [0.25, 0.3) is 11.4 Å². The van der Waals surface area contributed by atoms with Crippen molar-refractivity contribution in [1.82, 2.24) is 15.0 Å². The zero-order valence-corrected chi connectivity index (χ0v) is 18.7. The van der Waals surface area contributed by atoms with E-state index < -0.39 is 0 Å². The topological polar surface area (TPSA) is 68.5 Å². The molecule has 0 N–H and O–H groups in total. The van der Waals surface area contributed by atoms with Crippen LogP contribution in [0.5, 0.6) is 5.75 Å². The SMILES string of the molecule is CN(Cc1nc(-c2cccc(Cl)c2)no1)C(=O)c1cccc(OCc2ccccc2Cl)c1. The molecular formula is C24H19Cl2N3O3. The molecule has 8 heteroatoms. The fraction of sp³-hybridized carbons (Fsp3) is 0.125. The average molecular weight is 468 g/mol. The Morgan fingerprint density at radius 3 is 2.66 bits per heavy atom. The number of amides is 1. The monoisotopic (exact) mass is 467 g/mol. The molecule has 0 aliphatic carbocycles. The lowest BCUT2D eigenvalue weighted by atomic mass is 10.2. The summed E-state index contributed by atoms with van der Waals surface area (Å²) < 4.78 is 11.1. The quantitative estimate of drug-likeness (QED) is 0.338. The Labute approximate surface area is 195 Å². The van der Waals surface area contributed by atoms with Crippen molar-refractivity contribution in [3.8, 4) is 17.1 Å². The van der Waals surface area contributed by atoms with Gasteiger partial charge in [0, 0.05) is 33.8 Å². The summed E-state index contributed by atoms with van der Waals surface area (Å²) in [5.41, 5.74) is 2.10. The summed E-state index contributed by atoms with van der Waals surface area (Å²) in [5.74, 6) is 1.11. The van der Waals surface area contributed by atoms with Gasteiger partial charge in [-0.2, -0.15) is 4.98 Å². The number of halogens is 2. The molecule has 0 bridgehead atoms. The van der Waals surface area contributed by atoms with Crippen LogP contribution in [0.4, 0.5) is 0 Å². The van der Waals surface area contributed by atoms with Crippen molar-refractivity contribution in [2.24, 2.45) is 0 Å². The molecule has 1 heterocycles. The van der Waals surface area contributed by atoms with Crippen LogP contribution >= 0.6 is 23.2 Å². The van der Waals surface area contributed by atoms with Gasteiger partial charge in [0.15, 0.2) is 0 Å². The maximum atomic E-state index is 12.9. The lowest BCUT2D eigenvalue weighted by molar-refractivity contribution is 0.0769. The van der Waals surface area contributed by atoms with Gasteiger partial charge in [-0.1, -0.05) is 64.8 Å². The maximum absolute atomic E-state index is 12.9. The van der Waals surface area contributed by atoms with Crippen molar-refractivity contribution in [3.63, 3.8) is 0 Å². The number of benzene rings is 3. The van der Waals surface area contributed by atoms with Crippen LogP contribution in [0.1, 0.15) is 21.8 Å². The van der Waals surface area contributed by atoms with Crippen molar-refractivity contribution in [2.45, 2.75) is 13.2 Å². The molecule has 0 fully saturated rings. The van der Waals surface area contributed by atoms with Crippen LogP contribution in [0, 0.1) is 0 Å². The molecule has 0 spiro atoms. The minimum absolute atomic E-state index is 0.164. The smallest absolute Gasteiger partial charge is 0.254 e. The number of aromatic nitrogens is 2. The summed E-state index contributed by atoms with van der Waals surface area (Å²) in [5, 5.41) is 5.19. The highest BCUT2D eigenvalue weighted by Gasteiger charge is 2.17. The minimum atomic E-state index is -0.198. The predicted molar refractivity (Wildman–Crippen MR) is 123 cm³/mol. The summed E-state index contributed by atoms with van der Waals surface area (Å²) in [6.45, 7) is 0.471. The number of carbonyl (C=O) groups is 1. The third-order valence-corrected chi connectivity index (χ3v) is 5.31. The Bertz CT molecular complexity index is 1240. The molecule has 0 saturated carbocycles. The number of hydrogen-bond acceptors (Lipinski definition) is 5. The summed E-state index contributed by atoms with van der Waals surface area (Å²) in [6.07, 6.45) is 0. The van der Waals surface area contributed by atoms with Gasteiger partial charge in [0.05, 0.1) is 6.54 Å². The molecule has 0 aliphatic heterocycles. The van der Waals surface area contributed by atoms with Crippen LogP contribution in [0.15, 0.2) is 77.3 Å². The van der Waals surface area contributed by atoms with E-state index in [2.05, 4.69) is 10.1 Å². The molecule has 0 radical (unpaired) electrons. The van der Waals surface area contributed by atoms with E-state index in [9.17, 15) is 4.79 Å². The number of hydrogen-bond donors (Lipinski definition) is 0. The Balaban J connectivity index is 1.41. The van der Waals surface area contributed by atoms with E-state index in [0.29, 0.717) is 39.7 Å². The molecule has 4 rings (SSSR count). The van der Waals surface area contributed by atoms with Gasteiger partial charge in [-0.3, -0.25) is 4.79 Å². The zero-order valence-electron chi connectivity index (χ0n) is 17.2. The van der Waals surface area contributed by atoms with Gasteiger partial charge in [-0.25, -0.2) is 0 Å². The Kier molecular flexibility index (Phi) is 6.73. The predicted octanol–water partition coefficient (Wildman–Crippen LogP) is 5.89. The molecule has 4 aromatic rings. The van der Waals surface area contributed by atoms with E-state index >= 15 is 0 Å². The fourth-order valence-electron chi connectivity index (χ4n) is 3.05. The van der Waals surface area contributed by atoms with Crippen molar-refractivity contribution < 1.29 is 14.1 Å². The first-order chi connectivity index (χ1) is 15.5. The lowest BCUT2D eigenvalue weighted by Crippen LogP contribution is -2.26. The summed E-state index contributed by atoms with van der Waals surface area (Å²) in [4.78, 5) is 18.8. The first-order valence-electron chi connectivity index (χ1n) is 9.80. The average Bonchev–Trinajstić information content (AvgIpc) is 3.27. The third kappa shape index (κ3) is 5.28. The zero-order chi connectivity index (χ0) is 22.5. The van der Waals surface area contributed by atoms with Gasteiger partial charge in [0.1, 0.15) is 12.4 Å². The van der Waals surface area contributed by atoms with Crippen molar-refractivity contribution >= 4 is 29.1 Å². The third-order valence-electron chi connectivity index (χ3n) is 4.70. The molecule has 0 saturated heterocycles. The van der Waals surface area contributed by atoms with Crippen LogP contribution in [0.2, 0.25) is 10.0 Å². The van der Waals surface area contributed by atoms with Gasteiger partial charge in [-0.05, 0) is 36.4 Å². The van der Waals surface area contributed by atoms with Gasteiger partial charge >= 0.3 is 0 Å². The number of ether oxygens (including phenoxy) is 1. The second kappa shape index (κ2) is 9.85. The van der Waals surface area contributed by atoms with Crippen LogP contribution < -0.4 is 4.74 Å². The number of rotatable bonds is 7. The largest absolute Gasteiger partial charge is 0.489 e. The highest BCUT2D eigenvalue weighted by atomic mass is 35.5. The standard InChI is InChI=1S/C24H19Cl2N3O3/c1-29(14-22-27-23(28-32-22)16-7-4-9-19(25)12-16)24(30)17-8-5-10-20(13-17)31-15-18-6-2-3-11-21(18)26/h2-13H,14-15H2,1H3. The summed E-state index contributed by atoms with van der Waals surface area (Å²) in [6, 6.07) is 21.6. The summed E-state index contributed by atoms with van der Waals surface area (Å²) >= 11 is 12.2. The fourth-order valence-corrected chi connectivity index (χ4v) is 3.44. The Morgan fingerprint density at radius 2 is 1.84 bits per heavy atom. The van der Waals surface area contributed by atoms with E-state index in [4.69, 9.17) is 32.5 Å². The first-order valence-corrected chi connectivity index (χ1v) is 10.6. The van der Waals surface area contributed by atoms with E-state index in [1.165, 1.54) is 4.90 Å². The van der Waals surface area contributed by atoms with Crippen molar-refractivity contribution in [3.05, 3.63) is 99.9 Å².